The van der Waals surface area contributed by atoms with E-state index in [1.807, 2.05) is 48.5 Å². The molecule has 1 heterocycles. The Labute approximate surface area is 337 Å². The number of urea groups is 1. The highest BCUT2D eigenvalue weighted by Crippen LogP contribution is 2.44. The van der Waals surface area contributed by atoms with Gasteiger partial charge in [0.1, 0.15) is 25.3 Å². The Hall–Kier alpha value is -6.36. The monoisotopic (exact) mass is 800 g/mol. The SMILES string of the molecule is CC(C)[C@H](NC(=O)OCC1c2ccccc2-c2ccccc21)C(=O)N[C@@H](CCCNC(N)=O)C(=O)Nc1ccc(COC(=O)NCCN2CCN(C(=O)O)CC2)cc1. The number of carboxylic acid groups (broad SMARTS) is 1. The van der Waals surface area contributed by atoms with E-state index < -0.39 is 48.2 Å². The van der Waals surface area contributed by atoms with Gasteiger partial charge >= 0.3 is 24.3 Å². The van der Waals surface area contributed by atoms with Gasteiger partial charge in [-0.25, -0.2) is 19.2 Å². The number of alkyl carbamates (subject to hydrolysis) is 2. The van der Waals surface area contributed by atoms with Crippen LogP contribution >= 0.6 is 0 Å². The second-order valence-electron chi connectivity index (χ2n) is 14.5. The highest BCUT2D eigenvalue weighted by Gasteiger charge is 2.32. The average Bonchev–Trinajstić information content (AvgIpc) is 3.53. The number of benzene rings is 3. The second kappa shape index (κ2) is 20.7. The molecule has 58 heavy (non-hydrogen) atoms. The average molecular weight is 801 g/mol. The molecule has 3 aromatic rings. The Morgan fingerprint density at radius 1 is 0.776 bits per heavy atom. The van der Waals surface area contributed by atoms with Gasteiger partial charge in [0, 0.05) is 57.4 Å². The van der Waals surface area contributed by atoms with Gasteiger partial charge < -0.3 is 51.8 Å². The number of nitrogens with zero attached hydrogens (tertiary/aromatic N) is 2. The molecule has 17 nitrogen and oxygen atoms in total. The third-order valence-electron chi connectivity index (χ3n) is 10.1. The van der Waals surface area contributed by atoms with E-state index in [0.717, 1.165) is 22.3 Å². The van der Waals surface area contributed by atoms with Crippen molar-refractivity contribution < 1.29 is 43.3 Å². The molecule has 8 N–H and O–H groups in total. The number of anilines is 1. The molecule has 1 aliphatic heterocycles. The van der Waals surface area contributed by atoms with Crippen molar-refractivity contribution in [1.82, 2.24) is 31.1 Å². The zero-order valence-corrected chi connectivity index (χ0v) is 32.7. The molecule has 3 aromatic carbocycles. The molecule has 2 atom stereocenters. The van der Waals surface area contributed by atoms with Gasteiger partial charge in [-0.1, -0.05) is 74.5 Å². The maximum Gasteiger partial charge on any atom is 0.407 e. The van der Waals surface area contributed by atoms with E-state index in [1.165, 1.54) is 4.90 Å². The number of rotatable bonds is 17. The number of primary amides is 1. The van der Waals surface area contributed by atoms with Crippen molar-refractivity contribution in [3.05, 3.63) is 89.5 Å². The molecule has 0 saturated carbocycles. The first kappa shape index (κ1) is 42.8. The number of hydrogen-bond donors (Lipinski definition) is 7. The van der Waals surface area contributed by atoms with E-state index in [2.05, 4.69) is 31.5 Å². The summed E-state index contributed by atoms with van der Waals surface area (Å²) >= 11 is 0. The maximum atomic E-state index is 13.6. The smallest absolute Gasteiger partial charge is 0.407 e. The lowest BCUT2D eigenvalue weighted by Crippen LogP contribution is -2.54. The van der Waals surface area contributed by atoms with Crippen LogP contribution in [-0.4, -0.2) is 116 Å². The minimum absolute atomic E-state index is 0.0177. The van der Waals surface area contributed by atoms with Crippen molar-refractivity contribution >= 4 is 41.8 Å². The Balaban J connectivity index is 1.11. The van der Waals surface area contributed by atoms with Crippen LogP contribution in [0, 0.1) is 5.92 Å². The molecule has 0 unspecified atom stereocenters. The van der Waals surface area contributed by atoms with Gasteiger partial charge in [0.2, 0.25) is 11.8 Å². The third-order valence-corrected chi connectivity index (χ3v) is 10.1. The van der Waals surface area contributed by atoms with Crippen molar-refractivity contribution in [3.63, 3.8) is 0 Å². The molecule has 1 fully saturated rings. The minimum Gasteiger partial charge on any atom is -0.465 e. The zero-order chi connectivity index (χ0) is 41.6. The third kappa shape index (κ3) is 12.1. The van der Waals surface area contributed by atoms with Crippen molar-refractivity contribution in [2.24, 2.45) is 11.7 Å². The molecule has 1 aliphatic carbocycles. The number of ether oxygens (including phenoxy) is 2. The van der Waals surface area contributed by atoms with Crippen LogP contribution in [0.5, 0.6) is 0 Å². The van der Waals surface area contributed by atoms with E-state index in [1.54, 1.807) is 38.1 Å². The quantitative estimate of drug-likeness (QED) is 0.0980. The largest absolute Gasteiger partial charge is 0.465 e. The van der Waals surface area contributed by atoms with E-state index in [-0.39, 0.29) is 38.0 Å². The van der Waals surface area contributed by atoms with E-state index in [0.29, 0.717) is 56.9 Å². The van der Waals surface area contributed by atoms with Crippen LogP contribution in [0.4, 0.5) is 24.9 Å². The summed E-state index contributed by atoms with van der Waals surface area (Å²) in [4.78, 5) is 78.3. The summed E-state index contributed by atoms with van der Waals surface area (Å²) in [7, 11) is 0. The van der Waals surface area contributed by atoms with Gasteiger partial charge in [-0.2, -0.15) is 0 Å². The lowest BCUT2D eigenvalue weighted by atomic mass is 9.98. The molecular weight excluding hydrogens is 748 g/mol. The van der Waals surface area contributed by atoms with Crippen molar-refractivity contribution in [1.29, 1.82) is 0 Å². The summed E-state index contributed by atoms with van der Waals surface area (Å²) in [6, 6.07) is 19.8. The number of fused-ring (bicyclic) bond motifs is 3. The van der Waals surface area contributed by atoms with Gasteiger partial charge in [-0.05, 0) is 58.7 Å². The molecule has 2 aliphatic rings. The number of amides is 7. The fourth-order valence-electron chi connectivity index (χ4n) is 6.94. The molecule has 1 saturated heterocycles. The van der Waals surface area contributed by atoms with Crippen molar-refractivity contribution in [2.75, 3.05) is 57.7 Å². The second-order valence-corrected chi connectivity index (χ2v) is 14.5. The molecule has 5 rings (SSSR count). The molecular formula is C41H52N8O9. The number of hydrogen-bond acceptors (Lipinski definition) is 9. The van der Waals surface area contributed by atoms with Crippen LogP contribution in [0.3, 0.4) is 0 Å². The summed E-state index contributed by atoms with van der Waals surface area (Å²) in [5, 5.41) is 22.5. The first-order valence-corrected chi connectivity index (χ1v) is 19.4. The molecule has 0 spiro atoms. The predicted molar refractivity (Wildman–Crippen MR) is 215 cm³/mol. The Morgan fingerprint density at radius 2 is 1.41 bits per heavy atom. The Morgan fingerprint density at radius 3 is 2.02 bits per heavy atom. The molecule has 7 amide bonds. The van der Waals surface area contributed by atoms with E-state index in [4.69, 9.17) is 20.3 Å². The standard InChI is InChI=1S/C41H52N8O9/c1-26(2)35(47-40(54)58-25-33-31-10-5-3-8-29(31)30-9-4-6-11-32(30)33)37(51)46-34(12-7-17-43-38(42)52)36(50)45-28-15-13-27(14-16-28)24-57-39(53)44-18-19-48-20-22-49(23-21-48)41(55)56/h3-6,8-11,13-16,26,33-35H,7,12,17-25H2,1-2H3,(H,44,53)(H,45,50)(H,46,51)(H,47,54)(H,55,56)(H3,42,43,52)/t34-,35-/m0/s1. The normalized spacial score (nSPS) is 14.6. The van der Waals surface area contributed by atoms with Crippen LogP contribution in [0.15, 0.2) is 72.8 Å². The molecule has 0 radical (unpaired) electrons. The molecule has 17 heteroatoms. The fraction of sp³-hybridized carbons (Fsp3) is 0.415. The summed E-state index contributed by atoms with van der Waals surface area (Å²) in [5.74, 6) is -1.63. The van der Waals surface area contributed by atoms with Gasteiger partial charge in [-0.3, -0.25) is 14.5 Å². The number of piperazine rings is 1. The first-order valence-electron chi connectivity index (χ1n) is 19.4. The lowest BCUT2D eigenvalue weighted by Gasteiger charge is -2.32. The molecule has 0 bridgehead atoms. The molecule has 0 aromatic heterocycles. The van der Waals surface area contributed by atoms with Crippen molar-refractivity contribution in [3.8, 4) is 11.1 Å². The van der Waals surface area contributed by atoms with Gasteiger partial charge in [0.25, 0.3) is 0 Å². The van der Waals surface area contributed by atoms with Crippen LogP contribution in [0.1, 0.15) is 49.3 Å². The van der Waals surface area contributed by atoms with Crippen LogP contribution in [0.25, 0.3) is 11.1 Å². The van der Waals surface area contributed by atoms with Crippen LogP contribution < -0.4 is 32.3 Å². The zero-order valence-electron chi connectivity index (χ0n) is 32.7. The highest BCUT2D eigenvalue weighted by atomic mass is 16.6. The van der Waals surface area contributed by atoms with E-state index in [9.17, 15) is 28.8 Å². The fourth-order valence-corrected chi connectivity index (χ4v) is 6.94. The Kier molecular flexibility index (Phi) is 15.3. The van der Waals surface area contributed by atoms with Crippen LogP contribution in [-0.2, 0) is 25.7 Å². The van der Waals surface area contributed by atoms with Gasteiger partial charge in [0.15, 0.2) is 0 Å². The summed E-state index contributed by atoms with van der Waals surface area (Å²) < 4.78 is 11.0. The van der Waals surface area contributed by atoms with Gasteiger partial charge in [-0.15, -0.1) is 0 Å². The lowest BCUT2D eigenvalue weighted by molar-refractivity contribution is -0.128. The number of nitrogens with two attached hydrogens (primary N) is 1. The first-order chi connectivity index (χ1) is 27.9. The van der Waals surface area contributed by atoms with E-state index >= 15 is 0 Å². The summed E-state index contributed by atoms with van der Waals surface area (Å²) in [6.07, 6.45) is -1.84. The summed E-state index contributed by atoms with van der Waals surface area (Å²) in [6.45, 7) is 6.68. The predicted octanol–water partition coefficient (Wildman–Crippen LogP) is 3.64. The van der Waals surface area contributed by atoms with Crippen molar-refractivity contribution in [2.45, 2.75) is 51.3 Å². The number of nitrogens with one attached hydrogen (secondary N) is 5. The topological polar surface area (TPSA) is 234 Å². The molecule has 310 valence electrons. The summed E-state index contributed by atoms with van der Waals surface area (Å²) in [5.41, 5.74) is 10.6. The highest BCUT2D eigenvalue weighted by molar-refractivity contribution is 5.98. The number of carbonyl (C=O) groups is 6. The number of carbonyl (C=O) groups excluding carboxylic acids is 5. The maximum absolute atomic E-state index is 13.6. The van der Waals surface area contributed by atoms with Crippen LogP contribution in [0.2, 0.25) is 0 Å². The Bertz CT molecular complexity index is 1870. The van der Waals surface area contributed by atoms with Gasteiger partial charge in [0.05, 0.1) is 0 Å². The minimum atomic E-state index is -1.04.